The number of ether oxygens (including phenoxy) is 2. The van der Waals surface area contributed by atoms with Gasteiger partial charge in [0.05, 0.1) is 13.2 Å². The van der Waals surface area contributed by atoms with Crippen molar-refractivity contribution in [1.29, 1.82) is 0 Å². The highest BCUT2D eigenvalue weighted by molar-refractivity contribution is 5.78. The third-order valence-electron chi connectivity index (χ3n) is 3.97. The minimum atomic E-state index is -0.114. The third-order valence-corrected chi connectivity index (χ3v) is 3.97. The summed E-state index contributed by atoms with van der Waals surface area (Å²) in [5, 5.41) is 3.17. The molecule has 1 saturated heterocycles. The zero-order valence-electron chi connectivity index (χ0n) is 9.41. The van der Waals surface area contributed by atoms with Crippen LogP contribution in [0.25, 0.3) is 0 Å². The minimum Gasteiger partial charge on any atom is -0.468 e. The van der Waals surface area contributed by atoms with E-state index in [1.54, 1.807) is 7.11 Å². The van der Waals surface area contributed by atoms with Crippen molar-refractivity contribution in [2.24, 2.45) is 5.41 Å². The van der Waals surface area contributed by atoms with Gasteiger partial charge in [-0.25, -0.2) is 0 Å². The second-order valence-corrected chi connectivity index (χ2v) is 4.63. The van der Waals surface area contributed by atoms with Gasteiger partial charge in [0.15, 0.2) is 0 Å². The summed E-state index contributed by atoms with van der Waals surface area (Å²) >= 11 is 0. The van der Waals surface area contributed by atoms with Gasteiger partial charge in [-0.05, 0) is 25.7 Å². The number of nitrogens with one attached hydrogen (secondary N) is 1. The van der Waals surface area contributed by atoms with E-state index in [4.69, 9.17) is 9.47 Å². The Labute approximate surface area is 90.3 Å². The smallest absolute Gasteiger partial charge is 0.323 e. The SMILES string of the molecule is COC(=O)[C@@H]1NCC12CCC(OC)CC2. The van der Waals surface area contributed by atoms with Gasteiger partial charge in [-0.1, -0.05) is 0 Å². The maximum Gasteiger partial charge on any atom is 0.323 e. The van der Waals surface area contributed by atoms with Crippen molar-refractivity contribution in [1.82, 2.24) is 5.32 Å². The van der Waals surface area contributed by atoms with Crippen LogP contribution in [0.15, 0.2) is 0 Å². The molecule has 4 heteroatoms. The van der Waals surface area contributed by atoms with E-state index in [0.29, 0.717) is 6.10 Å². The summed E-state index contributed by atoms with van der Waals surface area (Å²) in [6, 6.07) is -0.0830. The van der Waals surface area contributed by atoms with Gasteiger partial charge in [-0.15, -0.1) is 0 Å². The predicted molar refractivity (Wildman–Crippen MR) is 55.5 cm³/mol. The van der Waals surface area contributed by atoms with E-state index in [0.717, 1.165) is 32.2 Å². The van der Waals surface area contributed by atoms with Gasteiger partial charge >= 0.3 is 5.97 Å². The zero-order valence-corrected chi connectivity index (χ0v) is 9.41. The first-order chi connectivity index (χ1) is 7.22. The fourth-order valence-electron chi connectivity index (χ4n) is 2.81. The molecule has 0 aromatic rings. The van der Waals surface area contributed by atoms with Crippen LogP contribution in [0.3, 0.4) is 0 Å². The Kier molecular flexibility index (Phi) is 2.98. The lowest BCUT2D eigenvalue weighted by Gasteiger charge is -2.52. The molecular formula is C11H19NO3. The molecule has 2 aliphatic rings. The van der Waals surface area contributed by atoms with Crippen molar-refractivity contribution in [3.05, 3.63) is 0 Å². The van der Waals surface area contributed by atoms with Crippen LogP contribution in [0, 0.1) is 5.41 Å². The molecule has 1 N–H and O–H groups in total. The maximum atomic E-state index is 11.5. The monoisotopic (exact) mass is 213 g/mol. The van der Waals surface area contributed by atoms with Crippen LogP contribution in [-0.4, -0.2) is 38.9 Å². The number of rotatable bonds is 2. The van der Waals surface area contributed by atoms with Gasteiger partial charge in [0, 0.05) is 19.1 Å². The molecule has 0 radical (unpaired) electrons. The molecule has 0 aromatic carbocycles. The molecule has 1 heterocycles. The summed E-state index contributed by atoms with van der Waals surface area (Å²) < 4.78 is 10.1. The second kappa shape index (κ2) is 4.10. The van der Waals surface area contributed by atoms with Crippen molar-refractivity contribution in [2.75, 3.05) is 20.8 Å². The molecule has 86 valence electrons. The molecule has 1 saturated carbocycles. The minimum absolute atomic E-state index is 0.0830. The van der Waals surface area contributed by atoms with Crippen LogP contribution in [0.4, 0.5) is 0 Å². The molecule has 0 amide bonds. The van der Waals surface area contributed by atoms with E-state index in [1.165, 1.54) is 7.11 Å². The summed E-state index contributed by atoms with van der Waals surface area (Å²) in [5.41, 5.74) is 0.155. The molecule has 1 aliphatic heterocycles. The van der Waals surface area contributed by atoms with E-state index in [-0.39, 0.29) is 17.4 Å². The van der Waals surface area contributed by atoms with E-state index >= 15 is 0 Å². The number of hydrogen-bond acceptors (Lipinski definition) is 4. The van der Waals surface area contributed by atoms with E-state index in [1.807, 2.05) is 0 Å². The maximum absolute atomic E-state index is 11.5. The molecule has 4 nitrogen and oxygen atoms in total. The van der Waals surface area contributed by atoms with Crippen molar-refractivity contribution >= 4 is 5.97 Å². The molecule has 2 rings (SSSR count). The Hall–Kier alpha value is -0.610. The third kappa shape index (κ3) is 1.76. The quantitative estimate of drug-likeness (QED) is 0.686. The largest absolute Gasteiger partial charge is 0.468 e. The Morgan fingerprint density at radius 3 is 2.40 bits per heavy atom. The Balaban J connectivity index is 1.95. The highest BCUT2D eigenvalue weighted by Crippen LogP contribution is 2.44. The van der Waals surface area contributed by atoms with Crippen molar-refractivity contribution in [2.45, 2.75) is 37.8 Å². The summed E-state index contributed by atoms with van der Waals surface area (Å²) in [6.07, 6.45) is 4.64. The van der Waals surface area contributed by atoms with Gasteiger partial charge in [-0.3, -0.25) is 4.79 Å². The van der Waals surface area contributed by atoms with E-state index in [2.05, 4.69) is 5.32 Å². The summed E-state index contributed by atoms with van der Waals surface area (Å²) in [6.45, 7) is 0.948. The summed E-state index contributed by atoms with van der Waals surface area (Å²) in [5.74, 6) is -0.114. The van der Waals surface area contributed by atoms with E-state index < -0.39 is 0 Å². The fraction of sp³-hybridized carbons (Fsp3) is 0.909. The summed E-state index contributed by atoms with van der Waals surface area (Å²) in [4.78, 5) is 11.5. The average Bonchev–Trinajstić information content (AvgIpc) is 2.27. The van der Waals surface area contributed by atoms with Crippen LogP contribution >= 0.6 is 0 Å². The van der Waals surface area contributed by atoms with Gasteiger partial charge in [0.2, 0.25) is 0 Å². The highest BCUT2D eigenvalue weighted by atomic mass is 16.5. The molecule has 0 unspecified atom stereocenters. The highest BCUT2D eigenvalue weighted by Gasteiger charge is 2.52. The van der Waals surface area contributed by atoms with Crippen molar-refractivity contribution in [3.8, 4) is 0 Å². The van der Waals surface area contributed by atoms with Gasteiger partial charge in [0.25, 0.3) is 0 Å². The Morgan fingerprint density at radius 1 is 1.33 bits per heavy atom. The molecule has 1 atom stereocenters. The number of carbonyl (C=O) groups excluding carboxylic acids is 1. The van der Waals surface area contributed by atoms with Crippen molar-refractivity contribution in [3.63, 3.8) is 0 Å². The fourth-order valence-corrected chi connectivity index (χ4v) is 2.81. The number of hydrogen-bond donors (Lipinski definition) is 1. The molecule has 1 spiro atoms. The predicted octanol–water partition coefficient (Wildman–Crippen LogP) is 0.707. The van der Waals surface area contributed by atoms with Gasteiger partial charge < -0.3 is 14.8 Å². The molecule has 1 aliphatic carbocycles. The first-order valence-electron chi connectivity index (χ1n) is 5.56. The normalized spacial score (nSPS) is 39.9. The van der Waals surface area contributed by atoms with Crippen LogP contribution in [0.2, 0.25) is 0 Å². The number of methoxy groups -OCH3 is 2. The topological polar surface area (TPSA) is 47.6 Å². The molecule has 2 fully saturated rings. The van der Waals surface area contributed by atoms with Crippen LogP contribution in [-0.2, 0) is 14.3 Å². The Bertz CT molecular complexity index is 246. The average molecular weight is 213 g/mol. The first-order valence-corrected chi connectivity index (χ1v) is 5.56. The number of carbonyl (C=O) groups is 1. The lowest BCUT2D eigenvalue weighted by atomic mass is 9.63. The molecule has 0 bridgehead atoms. The second-order valence-electron chi connectivity index (χ2n) is 4.63. The van der Waals surface area contributed by atoms with E-state index in [9.17, 15) is 4.79 Å². The zero-order chi connectivity index (χ0) is 10.9. The Morgan fingerprint density at radius 2 is 2.00 bits per heavy atom. The lowest BCUT2D eigenvalue weighted by molar-refractivity contribution is -0.154. The molecular weight excluding hydrogens is 194 g/mol. The van der Waals surface area contributed by atoms with Gasteiger partial charge in [0.1, 0.15) is 6.04 Å². The standard InChI is InChI=1S/C11H19NO3/c1-14-8-3-5-11(6-4-8)7-12-9(11)10(13)15-2/h8-9,12H,3-7H2,1-2H3/t8?,9-,11?/m0/s1. The van der Waals surface area contributed by atoms with Crippen LogP contribution in [0.1, 0.15) is 25.7 Å². The molecule has 0 aromatic heterocycles. The summed E-state index contributed by atoms with van der Waals surface area (Å²) in [7, 11) is 3.22. The number of esters is 1. The first kappa shape index (κ1) is 10.9. The van der Waals surface area contributed by atoms with Gasteiger partial charge in [-0.2, -0.15) is 0 Å². The van der Waals surface area contributed by atoms with Crippen LogP contribution in [0.5, 0.6) is 0 Å². The molecule has 15 heavy (non-hydrogen) atoms. The van der Waals surface area contributed by atoms with Crippen molar-refractivity contribution < 1.29 is 14.3 Å². The lowest BCUT2D eigenvalue weighted by Crippen LogP contribution is -2.67. The van der Waals surface area contributed by atoms with Crippen LogP contribution < -0.4 is 5.32 Å².